The summed E-state index contributed by atoms with van der Waals surface area (Å²) < 4.78 is 0. The number of carbonyl (C=O) groups excluding carboxylic acids is 2. The van der Waals surface area contributed by atoms with Gasteiger partial charge in [0.25, 0.3) is 11.8 Å². The predicted octanol–water partition coefficient (Wildman–Crippen LogP) is 2.08. The minimum atomic E-state index is -0.254. The minimum absolute atomic E-state index is 0.0811. The van der Waals surface area contributed by atoms with Gasteiger partial charge in [-0.15, -0.1) is 0 Å². The van der Waals surface area contributed by atoms with Crippen molar-refractivity contribution in [3.63, 3.8) is 0 Å². The average molecular weight is 338 g/mol. The first-order valence-electron chi connectivity index (χ1n) is 8.37. The summed E-state index contributed by atoms with van der Waals surface area (Å²) in [5, 5.41) is 6.16. The molecule has 1 atom stereocenters. The summed E-state index contributed by atoms with van der Waals surface area (Å²) in [5.74, 6) is -0.335. The molecule has 3 rings (SSSR count). The molecule has 2 N–H and O–H groups in total. The van der Waals surface area contributed by atoms with Crippen molar-refractivity contribution in [1.29, 1.82) is 0 Å². The standard InChI is InChI=1S/C19H22N4O2/c1-13-4-3-5-16(19(25)23(2)15-8-11-21-12-15)17(13)22-18(24)14-6-9-20-10-7-14/h3-7,9-10,15,21H,8,11-12H2,1-2H3,(H,22,24). The molecule has 0 radical (unpaired) electrons. The third-order valence-electron chi connectivity index (χ3n) is 4.59. The van der Waals surface area contributed by atoms with E-state index in [4.69, 9.17) is 0 Å². The monoisotopic (exact) mass is 338 g/mol. The third kappa shape index (κ3) is 3.69. The lowest BCUT2D eigenvalue weighted by molar-refractivity contribution is 0.0744. The fraction of sp³-hybridized carbons (Fsp3) is 0.316. The minimum Gasteiger partial charge on any atom is -0.337 e. The quantitative estimate of drug-likeness (QED) is 0.895. The number of aromatic nitrogens is 1. The molecule has 1 saturated heterocycles. The molecule has 1 aliphatic heterocycles. The van der Waals surface area contributed by atoms with Gasteiger partial charge in [0, 0.05) is 37.6 Å². The van der Waals surface area contributed by atoms with Gasteiger partial charge in [-0.3, -0.25) is 14.6 Å². The SMILES string of the molecule is Cc1cccc(C(=O)N(C)C2CCNC2)c1NC(=O)c1ccncc1. The molecule has 1 aromatic heterocycles. The normalized spacial score (nSPS) is 16.5. The first-order valence-corrected chi connectivity index (χ1v) is 8.37. The maximum atomic E-state index is 13.0. The number of hydrogen-bond donors (Lipinski definition) is 2. The number of carbonyl (C=O) groups is 2. The Labute approximate surface area is 147 Å². The summed E-state index contributed by atoms with van der Waals surface area (Å²) in [6.07, 6.45) is 4.08. The van der Waals surface area contributed by atoms with Gasteiger partial charge in [0.2, 0.25) is 0 Å². The van der Waals surface area contributed by atoms with Crippen LogP contribution in [0.3, 0.4) is 0 Å². The molecule has 2 amide bonds. The smallest absolute Gasteiger partial charge is 0.256 e. The fourth-order valence-corrected chi connectivity index (χ4v) is 3.03. The number of rotatable bonds is 4. The van der Waals surface area contributed by atoms with Crippen LogP contribution in [0.25, 0.3) is 0 Å². The van der Waals surface area contributed by atoms with Crippen LogP contribution in [0.4, 0.5) is 5.69 Å². The molecule has 0 saturated carbocycles. The zero-order valence-corrected chi connectivity index (χ0v) is 14.5. The summed E-state index contributed by atoms with van der Waals surface area (Å²) >= 11 is 0. The van der Waals surface area contributed by atoms with E-state index in [1.165, 1.54) is 0 Å². The van der Waals surface area contributed by atoms with Crippen molar-refractivity contribution in [2.45, 2.75) is 19.4 Å². The van der Waals surface area contributed by atoms with Crippen molar-refractivity contribution in [3.05, 3.63) is 59.4 Å². The number of likely N-dealkylation sites (N-methyl/N-ethyl adjacent to an activating group) is 1. The van der Waals surface area contributed by atoms with E-state index < -0.39 is 0 Å². The van der Waals surface area contributed by atoms with Crippen molar-refractivity contribution in [2.75, 3.05) is 25.5 Å². The largest absolute Gasteiger partial charge is 0.337 e. The number of nitrogens with one attached hydrogen (secondary N) is 2. The second-order valence-corrected chi connectivity index (χ2v) is 6.25. The lowest BCUT2D eigenvalue weighted by atomic mass is 10.1. The van der Waals surface area contributed by atoms with Gasteiger partial charge in [-0.25, -0.2) is 0 Å². The highest BCUT2D eigenvalue weighted by atomic mass is 16.2. The van der Waals surface area contributed by atoms with Crippen LogP contribution in [-0.2, 0) is 0 Å². The molecule has 1 aliphatic rings. The van der Waals surface area contributed by atoms with Crippen molar-refractivity contribution in [2.24, 2.45) is 0 Å². The summed E-state index contributed by atoms with van der Waals surface area (Å²) in [5.41, 5.74) is 2.43. The summed E-state index contributed by atoms with van der Waals surface area (Å²) in [4.78, 5) is 31.1. The molecule has 2 aromatic rings. The predicted molar refractivity (Wildman–Crippen MR) is 96.7 cm³/mol. The Morgan fingerprint density at radius 2 is 2.00 bits per heavy atom. The van der Waals surface area contributed by atoms with Gasteiger partial charge in [0.05, 0.1) is 11.3 Å². The van der Waals surface area contributed by atoms with Crippen molar-refractivity contribution < 1.29 is 9.59 Å². The van der Waals surface area contributed by atoms with E-state index in [1.807, 2.05) is 26.1 Å². The van der Waals surface area contributed by atoms with Gasteiger partial charge in [-0.2, -0.15) is 0 Å². The van der Waals surface area contributed by atoms with Crippen LogP contribution in [0.1, 0.15) is 32.7 Å². The van der Waals surface area contributed by atoms with Crippen LogP contribution in [0, 0.1) is 6.92 Å². The number of para-hydroxylation sites is 1. The van der Waals surface area contributed by atoms with Gasteiger partial charge >= 0.3 is 0 Å². The van der Waals surface area contributed by atoms with Gasteiger partial charge < -0.3 is 15.5 Å². The van der Waals surface area contributed by atoms with E-state index in [1.54, 1.807) is 35.5 Å². The number of hydrogen-bond acceptors (Lipinski definition) is 4. The number of anilines is 1. The Hall–Kier alpha value is -2.73. The summed E-state index contributed by atoms with van der Waals surface area (Å²) in [6, 6.07) is 8.95. The molecule has 0 aliphatic carbocycles. The molecule has 1 unspecified atom stereocenters. The van der Waals surface area contributed by atoms with E-state index in [-0.39, 0.29) is 17.9 Å². The Bertz CT molecular complexity index is 770. The van der Waals surface area contributed by atoms with E-state index in [2.05, 4.69) is 15.6 Å². The molecule has 0 spiro atoms. The summed E-state index contributed by atoms with van der Waals surface area (Å²) in [7, 11) is 1.82. The molecule has 1 fully saturated rings. The Morgan fingerprint density at radius 3 is 2.68 bits per heavy atom. The molecule has 1 aromatic carbocycles. The van der Waals surface area contributed by atoms with Crippen LogP contribution < -0.4 is 10.6 Å². The fourth-order valence-electron chi connectivity index (χ4n) is 3.03. The first kappa shape index (κ1) is 17.1. The molecular formula is C19H22N4O2. The summed E-state index contributed by atoms with van der Waals surface area (Å²) in [6.45, 7) is 3.60. The van der Waals surface area contributed by atoms with Crippen LogP contribution in [0.5, 0.6) is 0 Å². The van der Waals surface area contributed by atoms with Crippen molar-refractivity contribution in [3.8, 4) is 0 Å². The van der Waals surface area contributed by atoms with Crippen LogP contribution in [0.2, 0.25) is 0 Å². The van der Waals surface area contributed by atoms with Crippen molar-refractivity contribution in [1.82, 2.24) is 15.2 Å². The topological polar surface area (TPSA) is 74.3 Å². The Morgan fingerprint density at radius 1 is 1.24 bits per heavy atom. The van der Waals surface area contributed by atoms with Crippen molar-refractivity contribution >= 4 is 17.5 Å². The first-order chi connectivity index (χ1) is 12.1. The number of benzene rings is 1. The molecule has 130 valence electrons. The molecular weight excluding hydrogens is 316 g/mol. The molecule has 0 bridgehead atoms. The van der Waals surface area contributed by atoms with Crippen LogP contribution >= 0.6 is 0 Å². The van der Waals surface area contributed by atoms with Crippen LogP contribution in [-0.4, -0.2) is 47.9 Å². The van der Waals surface area contributed by atoms with Crippen LogP contribution in [0.15, 0.2) is 42.7 Å². The van der Waals surface area contributed by atoms with Gasteiger partial charge in [-0.1, -0.05) is 12.1 Å². The maximum Gasteiger partial charge on any atom is 0.256 e. The number of aryl methyl sites for hydroxylation is 1. The second-order valence-electron chi connectivity index (χ2n) is 6.25. The maximum absolute atomic E-state index is 13.0. The van der Waals surface area contributed by atoms with E-state index in [0.29, 0.717) is 16.8 Å². The van der Waals surface area contributed by atoms with Gasteiger partial charge in [0.1, 0.15) is 0 Å². The van der Waals surface area contributed by atoms with Gasteiger partial charge in [-0.05, 0) is 43.7 Å². The zero-order valence-electron chi connectivity index (χ0n) is 14.5. The number of pyridine rings is 1. The molecule has 25 heavy (non-hydrogen) atoms. The molecule has 6 nitrogen and oxygen atoms in total. The number of nitrogens with zero attached hydrogens (tertiary/aromatic N) is 2. The highest BCUT2D eigenvalue weighted by Gasteiger charge is 2.26. The zero-order chi connectivity index (χ0) is 17.8. The molecule has 2 heterocycles. The van der Waals surface area contributed by atoms with Gasteiger partial charge in [0.15, 0.2) is 0 Å². The average Bonchev–Trinajstić information content (AvgIpc) is 3.17. The lowest BCUT2D eigenvalue weighted by Gasteiger charge is -2.25. The highest BCUT2D eigenvalue weighted by Crippen LogP contribution is 2.24. The van der Waals surface area contributed by atoms with E-state index in [0.717, 1.165) is 25.1 Å². The highest BCUT2D eigenvalue weighted by molar-refractivity contribution is 6.09. The molecule has 6 heteroatoms. The Kier molecular flexibility index (Phi) is 5.09. The lowest BCUT2D eigenvalue weighted by Crippen LogP contribution is -2.38. The third-order valence-corrected chi connectivity index (χ3v) is 4.59. The number of amides is 2. The Balaban J connectivity index is 1.87. The van der Waals surface area contributed by atoms with E-state index in [9.17, 15) is 9.59 Å². The second kappa shape index (κ2) is 7.44. The van der Waals surface area contributed by atoms with E-state index >= 15 is 0 Å².